The molecule has 21 heavy (non-hydrogen) atoms. The molecule has 0 fully saturated rings. The van der Waals surface area contributed by atoms with Gasteiger partial charge in [-0.1, -0.05) is 24.3 Å². The summed E-state index contributed by atoms with van der Waals surface area (Å²) in [6.07, 6.45) is 9.87. The SMILES string of the molecule is O=C(C=Cc1ccccc1[N+](=O)[O-])OCC1CC=CCC1. The summed E-state index contributed by atoms with van der Waals surface area (Å²) in [6, 6.07) is 6.27. The highest BCUT2D eigenvalue weighted by Gasteiger charge is 2.12. The van der Waals surface area contributed by atoms with Crippen LogP contribution in [0, 0.1) is 16.0 Å². The van der Waals surface area contributed by atoms with Gasteiger partial charge in [0.05, 0.1) is 17.1 Å². The van der Waals surface area contributed by atoms with E-state index in [0.717, 1.165) is 19.3 Å². The van der Waals surface area contributed by atoms with Crippen molar-refractivity contribution in [1.29, 1.82) is 0 Å². The number of esters is 1. The van der Waals surface area contributed by atoms with E-state index in [4.69, 9.17) is 4.74 Å². The van der Waals surface area contributed by atoms with E-state index < -0.39 is 10.9 Å². The smallest absolute Gasteiger partial charge is 0.330 e. The molecule has 1 aromatic carbocycles. The van der Waals surface area contributed by atoms with Crippen LogP contribution < -0.4 is 0 Å². The minimum absolute atomic E-state index is 0.0287. The first kappa shape index (κ1) is 15.0. The molecule has 0 heterocycles. The molecule has 110 valence electrons. The van der Waals surface area contributed by atoms with Crippen molar-refractivity contribution < 1.29 is 14.5 Å². The second kappa shape index (κ2) is 7.38. The molecule has 1 aliphatic rings. The molecule has 5 nitrogen and oxygen atoms in total. The van der Waals surface area contributed by atoms with Crippen LogP contribution in [-0.4, -0.2) is 17.5 Å². The molecule has 0 radical (unpaired) electrons. The number of allylic oxidation sites excluding steroid dienone is 2. The van der Waals surface area contributed by atoms with Gasteiger partial charge in [0.1, 0.15) is 0 Å². The number of hydrogen-bond donors (Lipinski definition) is 0. The summed E-state index contributed by atoms with van der Waals surface area (Å²) >= 11 is 0. The van der Waals surface area contributed by atoms with E-state index >= 15 is 0 Å². The topological polar surface area (TPSA) is 69.4 Å². The summed E-state index contributed by atoms with van der Waals surface area (Å²) in [7, 11) is 0. The number of nitrogens with zero attached hydrogens (tertiary/aromatic N) is 1. The number of hydrogen-bond acceptors (Lipinski definition) is 4. The highest BCUT2D eigenvalue weighted by Crippen LogP contribution is 2.20. The summed E-state index contributed by atoms with van der Waals surface area (Å²) in [6.45, 7) is 0.393. The van der Waals surface area contributed by atoms with Crippen molar-refractivity contribution >= 4 is 17.7 Å². The molecule has 1 aliphatic carbocycles. The second-order valence-corrected chi connectivity index (χ2v) is 4.93. The number of carbonyl (C=O) groups is 1. The van der Waals surface area contributed by atoms with Crippen LogP contribution in [0.15, 0.2) is 42.5 Å². The third-order valence-electron chi connectivity index (χ3n) is 3.37. The average molecular weight is 287 g/mol. The molecule has 0 saturated heterocycles. The van der Waals surface area contributed by atoms with Crippen LogP contribution in [0.25, 0.3) is 6.08 Å². The van der Waals surface area contributed by atoms with Crippen molar-refractivity contribution in [2.24, 2.45) is 5.92 Å². The molecule has 5 heteroatoms. The van der Waals surface area contributed by atoms with Gasteiger partial charge < -0.3 is 4.74 Å². The Balaban J connectivity index is 1.90. The second-order valence-electron chi connectivity index (χ2n) is 4.93. The van der Waals surface area contributed by atoms with Crippen molar-refractivity contribution in [2.75, 3.05) is 6.61 Å². The molecule has 0 aromatic heterocycles. The van der Waals surface area contributed by atoms with E-state index in [9.17, 15) is 14.9 Å². The third-order valence-corrected chi connectivity index (χ3v) is 3.37. The maximum atomic E-state index is 11.6. The third kappa shape index (κ3) is 4.56. The van der Waals surface area contributed by atoms with Crippen molar-refractivity contribution in [1.82, 2.24) is 0 Å². The van der Waals surface area contributed by atoms with E-state index in [1.54, 1.807) is 18.2 Å². The van der Waals surface area contributed by atoms with Gasteiger partial charge in [0.25, 0.3) is 5.69 Å². The molecular formula is C16H17NO4. The Morgan fingerprint density at radius 3 is 2.90 bits per heavy atom. The van der Waals surface area contributed by atoms with Crippen LogP contribution in [0.5, 0.6) is 0 Å². The lowest BCUT2D eigenvalue weighted by Gasteiger charge is -2.16. The molecule has 0 aliphatic heterocycles. The van der Waals surface area contributed by atoms with Crippen molar-refractivity contribution in [2.45, 2.75) is 19.3 Å². The number of benzene rings is 1. The van der Waals surface area contributed by atoms with Gasteiger partial charge >= 0.3 is 5.97 Å². The molecule has 0 bridgehead atoms. The first-order valence-corrected chi connectivity index (χ1v) is 6.90. The number of para-hydroxylation sites is 1. The first-order valence-electron chi connectivity index (χ1n) is 6.90. The molecular weight excluding hydrogens is 270 g/mol. The zero-order chi connectivity index (χ0) is 15.1. The fourth-order valence-electron chi connectivity index (χ4n) is 2.21. The first-order chi connectivity index (χ1) is 10.2. The normalized spacial score (nSPS) is 17.8. The number of ether oxygens (including phenoxy) is 1. The van der Waals surface area contributed by atoms with Crippen LogP contribution >= 0.6 is 0 Å². The van der Waals surface area contributed by atoms with Crippen LogP contribution in [0.1, 0.15) is 24.8 Å². The Morgan fingerprint density at radius 1 is 1.38 bits per heavy atom. The summed E-state index contributed by atoms with van der Waals surface area (Å²) in [5, 5.41) is 10.8. The lowest BCUT2D eigenvalue weighted by molar-refractivity contribution is -0.385. The maximum absolute atomic E-state index is 11.6. The fraction of sp³-hybridized carbons (Fsp3) is 0.312. The highest BCUT2D eigenvalue weighted by molar-refractivity contribution is 5.87. The molecule has 0 N–H and O–H groups in total. The molecule has 0 spiro atoms. The van der Waals surface area contributed by atoms with Crippen LogP contribution in [0.2, 0.25) is 0 Å². The zero-order valence-corrected chi connectivity index (χ0v) is 11.6. The zero-order valence-electron chi connectivity index (χ0n) is 11.6. The average Bonchev–Trinajstić information content (AvgIpc) is 2.52. The van der Waals surface area contributed by atoms with E-state index in [1.165, 1.54) is 18.2 Å². The summed E-state index contributed by atoms with van der Waals surface area (Å²) in [5.41, 5.74) is 0.360. The van der Waals surface area contributed by atoms with Gasteiger partial charge in [-0.05, 0) is 37.3 Å². The van der Waals surface area contributed by atoms with E-state index in [1.807, 2.05) is 0 Å². The van der Waals surface area contributed by atoms with Gasteiger partial charge in [0.15, 0.2) is 0 Å². The largest absolute Gasteiger partial charge is 0.462 e. The summed E-state index contributed by atoms with van der Waals surface area (Å²) in [5.74, 6) is -0.0962. The quantitative estimate of drug-likeness (QED) is 0.273. The Morgan fingerprint density at radius 2 is 2.19 bits per heavy atom. The Bertz CT molecular complexity index is 577. The minimum Gasteiger partial charge on any atom is -0.462 e. The summed E-state index contributed by atoms with van der Waals surface area (Å²) < 4.78 is 5.17. The van der Waals surface area contributed by atoms with Crippen LogP contribution in [-0.2, 0) is 9.53 Å². The predicted octanol–water partition coefficient (Wildman–Crippen LogP) is 3.51. The van der Waals surface area contributed by atoms with Gasteiger partial charge in [-0.25, -0.2) is 4.79 Å². The van der Waals surface area contributed by atoms with Crippen LogP contribution in [0.3, 0.4) is 0 Å². The van der Waals surface area contributed by atoms with Gasteiger partial charge in [0.2, 0.25) is 0 Å². The Kier molecular flexibility index (Phi) is 5.26. The number of rotatable bonds is 5. The Labute approximate surface area is 123 Å². The summed E-state index contributed by atoms with van der Waals surface area (Å²) in [4.78, 5) is 22.0. The number of nitro groups is 1. The number of carbonyl (C=O) groups excluding carboxylic acids is 1. The van der Waals surface area contributed by atoms with E-state index in [0.29, 0.717) is 18.1 Å². The lowest BCUT2D eigenvalue weighted by atomic mass is 9.95. The molecule has 0 saturated carbocycles. The van der Waals surface area contributed by atoms with Crippen LogP contribution in [0.4, 0.5) is 5.69 Å². The predicted molar refractivity (Wildman–Crippen MR) is 79.6 cm³/mol. The van der Waals surface area contributed by atoms with Crippen molar-refractivity contribution in [3.05, 3.63) is 58.2 Å². The molecule has 1 aromatic rings. The number of nitro benzene ring substituents is 1. The monoisotopic (exact) mass is 287 g/mol. The maximum Gasteiger partial charge on any atom is 0.330 e. The van der Waals surface area contributed by atoms with Gasteiger partial charge in [-0.15, -0.1) is 0 Å². The molecule has 1 unspecified atom stereocenters. The fourth-order valence-corrected chi connectivity index (χ4v) is 2.21. The van der Waals surface area contributed by atoms with Gasteiger partial charge in [-0.3, -0.25) is 10.1 Å². The lowest BCUT2D eigenvalue weighted by Crippen LogP contribution is -2.13. The van der Waals surface area contributed by atoms with Gasteiger partial charge in [-0.2, -0.15) is 0 Å². The van der Waals surface area contributed by atoms with E-state index in [-0.39, 0.29) is 5.69 Å². The van der Waals surface area contributed by atoms with E-state index in [2.05, 4.69) is 12.2 Å². The van der Waals surface area contributed by atoms with Crippen molar-refractivity contribution in [3.63, 3.8) is 0 Å². The van der Waals surface area contributed by atoms with Crippen molar-refractivity contribution in [3.8, 4) is 0 Å². The molecule has 1 atom stereocenters. The minimum atomic E-state index is -0.473. The van der Waals surface area contributed by atoms with Gasteiger partial charge in [0, 0.05) is 12.1 Å². The Hall–Kier alpha value is -2.43. The highest BCUT2D eigenvalue weighted by atomic mass is 16.6. The molecule has 0 amide bonds. The standard InChI is InChI=1S/C16H17NO4/c18-16(21-12-13-6-2-1-3-7-13)11-10-14-8-4-5-9-15(14)17(19)20/h1-2,4-5,8-11,13H,3,6-7,12H2. The molecule has 2 rings (SSSR count).